The lowest BCUT2D eigenvalue weighted by Crippen LogP contribution is -2.57. The predicted molar refractivity (Wildman–Crippen MR) is 112 cm³/mol. The van der Waals surface area contributed by atoms with Gasteiger partial charge in [-0.15, -0.1) is 0 Å². The SMILES string of the molecule is CNC1CN(c2cc(C3CCN(C(=O)OCc4ccccc4)CC3)nc(N)n2)C1. The number of amides is 1. The van der Waals surface area contributed by atoms with Gasteiger partial charge in [0.15, 0.2) is 0 Å². The largest absolute Gasteiger partial charge is 0.445 e. The van der Waals surface area contributed by atoms with Crippen molar-refractivity contribution in [3.05, 3.63) is 47.7 Å². The molecule has 4 rings (SSSR count). The molecule has 2 saturated heterocycles. The Kier molecular flexibility index (Phi) is 5.80. The van der Waals surface area contributed by atoms with Crippen LogP contribution in [-0.2, 0) is 11.3 Å². The fourth-order valence-electron chi connectivity index (χ4n) is 3.86. The summed E-state index contributed by atoms with van der Waals surface area (Å²) < 4.78 is 5.45. The number of carbonyl (C=O) groups is 1. The standard InChI is InChI=1S/C21H28N6O2/c1-23-17-12-27(13-17)19-11-18(24-20(22)25-19)16-7-9-26(10-8-16)21(28)29-14-15-5-3-2-4-6-15/h2-6,11,16-17,23H,7-10,12-14H2,1H3,(H2,22,24,25). The van der Waals surface area contributed by atoms with E-state index in [1.54, 1.807) is 4.90 Å². The lowest BCUT2D eigenvalue weighted by atomic mass is 9.93. The first-order valence-electron chi connectivity index (χ1n) is 10.1. The maximum absolute atomic E-state index is 12.4. The molecular weight excluding hydrogens is 368 g/mol. The number of nitrogens with one attached hydrogen (secondary N) is 1. The molecule has 0 radical (unpaired) electrons. The van der Waals surface area contributed by atoms with Gasteiger partial charge in [0.25, 0.3) is 0 Å². The van der Waals surface area contributed by atoms with Gasteiger partial charge in [-0.05, 0) is 25.5 Å². The number of carbonyl (C=O) groups excluding carboxylic acids is 1. The monoisotopic (exact) mass is 396 g/mol. The summed E-state index contributed by atoms with van der Waals surface area (Å²) in [5.41, 5.74) is 7.93. The molecule has 2 aliphatic heterocycles. The Hall–Kier alpha value is -2.87. The van der Waals surface area contributed by atoms with E-state index in [-0.39, 0.29) is 12.0 Å². The highest BCUT2D eigenvalue weighted by molar-refractivity contribution is 5.67. The van der Waals surface area contributed by atoms with Gasteiger partial charge in [-0.1, -0.05) is 30.3 Å². The molecular formula is C21H28N6O2. The van der Waals surface area contributed by atoms with Gasteiger partial charge in [0.05, 0.1) is 5.69 Å². The Labute approximate surface area is 171 Å². The van der Waals surface area contributed by atoms with Gasteiger partial charge in [0.2, 0.25) is 5.95 Å². The minimum absolute atomic E-state index is 0.256. The van der Waals surface area contributed by atoms with Crippen molar-refractivity contribution >= 4 is 17.9 Å². The Morgan fingerprint density at radius 2 is 1.93 bits per heavy atom. The lowest BCUT2D eigenvalue weighted by Gasteiger charge is -2.40. The molecule has 2 fully saturated rings. The Morgan fingerprint density at radius 1 is 1.21 bits per heavy atom. The van der Waals surface area contributed by atoms with E-state index in [1.165, 1.54) is 0 Å². The number of nitrogens with two attached hydrogens (primary N) is 1. The lowest BCUT2D eigenvalue weighted by molar-refractivity contribution is 0.0868. The van der Waals surface area contributed by atoms with Crippen LogP contribution in [0.25, 0.3) is 0 Å². The second-order valence-electron chi connectivity index (χ2n) is 7.70. The third-order valence-corrected chi connectivity index (χ3v) is 5.74. The average molecular weight is 396 g/mol. The maximum atomic E-state index is 12.4. The molecule has 2 aliphatic rings. The summed E-state index contributed by atoms with van der Waals surface area (Å²) in [5.74, 6) is 1.48. The Balaban J connectivity index is 1.31. The van der Waals surface area contributed by atoms with Crippen molar-refractivity contribution in [2.24, 2.45) is 0 Å². The van der Waals surface area contributed by atoms with E-state index in [4.69, 9.17) is 10.5 Å². The summed E-state index contributed by atoms with van der Waals surface area (Å²) in [6.45, 7) is 3.47. The highest BCUT2D eigenvalue weighted by atomic mass is 16.6. The van der Waals surface area contributed by atoms with Crippen molar-refractivity contribution in [1.29, 1.82) is 0 Å². The highest BCUT2D eigenvalue weighted by Gasteiger charge is 2.29. The molecule has 1 aromatic carbocycles. The summed E-state index contributed by atoms with van der Waals surface area (Å²) >= 11 is 0. The Morgan fingerprint density at radius 3 is 2.62 bits per heavy atom. The molecule has 3 heterocycles. The van der Waals surface area contributed by atoms with Crippen molar-refractivity contribution in [1.82, 2.24) is 20.2 Å². The third-order valence-electron chi connectivity index (χ3n) is 5.74. The molecule has 1 amide bonds. The smallest absolute Gasteiger partial charge is 0.410 e. The second kappa shape index (κ2) is 8.65. The van der Waals surface area contributed by atoms with Crippen molar-refractivity contribution < 1.29 is 9.53 Å². The maximum Gasteiger partial charge on any atom is 0.410 e. The van der Waals surface area contributed by atoms with E-state index in [0.717, 1.165) is 43.0 Å². The molecule has 2 aromatic rings. The van der Waals surface area contributed by atoms with Crippen LogP contribution in [0.3, 0.4) is 0 Å². The van der Waals surface area contributed by atoms with Crippen LogP contribution < -0.4 is 16.0 Å². The van der Waals surface area contributed by atoms with E-state index in [2.05, 4.69) is 26.3 Å². The average Bonchev–Trinajstić information content (AvgIpc) is 2.72. The zero-order valence-corrected chi connectivity index (χ0v) is 16.8. The van der Waals surface area contributed by atoms with Gasteiger partial charge in [-0.3, -0.25) is 0 Å². The van der Waals surface area contributed by atoms with E-state index >= 15 is 0 Å². The summed E-state index contributed by atoms with van der Waals surface area (Å²) in [7, 11) is 1.97. The molecule has 3 N–H and O–H groups in total. The zero-order valence-electron chi connectivity index (χ0n) is 16.8. The fourth-order valence-corrected chi connectivity index (χ4v) is 3.86. The van der Waals surface area contributed by atoms with Crippen LogP contribution in [0.4, 0.5) is 16.6 Å². The molecule has 0 unspecified atom stereocenters. The molecule has 29 heavy (non-hydrogen) atoms. The van der Waals surface area contributed by atoms with E-state index < -0.39 is 0 Å². The topological polar surface area (TPSA) is 96.6 Å². The number of piperidine rings is 1. The zero-order chi connectivity index (χ0) is 20.2. The number of likely N-dealkylation sites (tertiary alicyclic amines) is 1. The summed E-state index contributed by atoms with van der Waals surface area (Å²) in [6, 6.07) is 12.3. The van der Waals surface area contributed by atoms with Crippen molar-refractivity contribution in [2.75, 3.05) is 43.9 Å². The molecule has 8 nitrogen and oxygen atoms in total. The molecule has 0 saturated carbocycles. The van der Waals surface area contributed by atoms with Crippen LogP contribution in [0, 0.1) is 0 Å². The molecule has 0 aliphatic carbocycles. The van der Waals surface area contributed by atoms with Crippen LogP contribution in [0.5, 0.6) is 0 Å². The molecule has 0 bridgehead atoms. The Bertz CT molecular complexity index is 832. The highest BCUT2D eigenvalue weighted by Crippen LogP contribution is 2.30. The molecule has 154 valence electrons. The number of anilines is 2. The first-order chi connectivity index (χ1) is 14.1. The second-order valence-corrected chi connectivity index (χ2v) is 7.70. The van der Waals surface area contributed by atoms with E-state index in [0.29, 0.717) is 31.7 Å². The molecule has 0 spiro atoms. The van der Waals surface area contributed by atoms with Crippen molar-refractivity contribution in [3.8, 4) is 0 Å². The molecule has 0 atom stereocenters. The number of nitrogens with zero attached hydrogens (tertiary/aromatic N) is 4. The summed E-state index contributed by atoms with van der Waals surface area (Å²) in [4.78, 5) is 25.2. The van der Waals surface area contributed by atoms with Crippen molar-refractivity contribution in [3.63, 3.8) is 0 Å². The quantitative estimate of drug-likeness (QED) is 0.798. The predicted octanol–water partition coefficient (Wildman–Crippen LogP) is 1.98. The van der Waals surface area contributed by atoms with Crippen LogP contribution >= 0.6 is 0 Å². The first kappa shape index (κ1) is 19.4. The first-order valence-corrected chi connectivity index (χ1v) is 10.1. The normalized spacial score (nSPS) is 17.8. The number of hydrogen-bond acceptors (Lipinski definition) is 7. The van der Waals surface area contributed by atoms with Crippen molar-refractivity contribution in [2.45, 2.75) is 31.4 Å². The van der Waals surface area contributed by atoms with Gasteiger partial charge in [0.1, 0.15) is 12.4 Å². The van der Waals surface area contributed by atoms with Crippen LogP contribution in [0.15, 0.2) is 36.4 Å². The minimum Gasteiger partial charge on any atom is -0.445 e. The number of likely N-dealkylation sites (N-methyl/N-ethyl adjacent to an activating group) is 1. The number of ether oxygens (including phenoxy) is 1. The van der Waals surface area contributed by atoms with E-state index in [1.807, 2.05) is 37.4 Å². The minimum atomic E-state index is -0.256. The van der Waals surface area contributed by atoms with Crippen LogP contribution in [0.2, 0.25) is 0 Å². The van der Waals surface area contributed by atoms with E-state index in [9.17, 15) is 4.79 Å². The number of benzene rings is 1. The van der Waals surface area contributed by atoms with Gasteiger partial charge in [-0.2, -0.15) is 4.98 Å². The van der Waals surface area contributed by atoms with Crippen LogP contribution in [-0.4, -0.2) is 60.2 Å². The molecule has 8 heteroatoms. The van der Waals surface area contributed by atoms with Crippen LogP contribution in [0.1, 0.15) is 30.0 Å². The number of rotatable bonds is 5. The summed E-state index contributed by atoms with van der Waals surface area (Å²) in [5, 5.41) is 3.26. The molecule has 1 aromatic heterocycles. The van der Waals surface area contributed by atoms with Gasteiger partial charge < -0.3 is 25.6 Å². The summed E-state index contributed by atoms with van der Waals surface area (Å²) in [6.07, 6.45) is 1.43. The number of nitrogen functional groups attached to an aromatic ring is 1. The third kappa shape index (κ3) is 4.59. The number of hydrogen-bond donors (Lipinski definition) is 2. The fraction of sp³-hybridized carbons (Fsp3) is 0.476. The number of aromatic nitrogens is 2. The van der Waals surface area contributed by atoms with Gasteiger partial charge >= 0.3 is 6.09 Å². The van der Waals surface area contributed by atoms with Gasteiger partial charge in [0, 0.05) is 44.2 Å². The van der Waals surface area contributed by atoms with Gasteiger partial charge in [-0.25, -0.2) is 9.78 Å².